The monoisotopic (exact) mass is 164 g/mol. The Morgan fingerprint density at radius 1 is 1.00 bits per heavy atom. The zero-order chi connectivity index (χ0) is 9.33. The van der Waals surface area contributed by atoms with Crippen molar-refractivity contribution in [1.82, 2.24) is 0 Å². The van der Waals surface area contributed by atoms with Crippen LogP contribution in [0.5, 0.6) is 0 Å². The molecule has 0 saturated carbocycles. The minimum Gasteiger partial charge on any atom is -0.391 e. The number of hydrogen-bond acceptors (Lipinski definition) is 3. The van der Waals surface area contributed by atoms with Crippen LogP contribution in [0.1, 0.15) is 20.8 Å². The van der Waals surface area contributed by atoms with Gasteiger partial charge in [0.1, 0.15) is 0 Å². The molecule has 11 heavy (non-hydrogen) atoms. The molecule has 3 heteroatoms. The van der Waals surface area contributed by atoms with Crippen LogP contribution in [-0.4, -0.2) is 38.1 Å². The SMILES string of the molecule is CC(C)(C)O.COCCOC. The van der Waals surface area contributed by atoms with Crippen LogP contribution < -0.4 is 0 Å². The third-order valence-electron chi connectivity index (χ3n) is 0.492. The highest BCUT2D eigenvalue weighted by Gasteiger charge is 1.97. The predicted octanol–water partition coefficient (Wildman–Crippen LogP) is 1.06. The number of ether oxygens (including phenoxy) is 2. The molecular formula is C8H20O3. The van der Waals surface area contributed by atoms with Crippen LogP contribution in [0.25, 0.3) is 0 Å². The Labute approximate surface area is 69.3 Å². The fourth-order valence-corrected chi connectivity index (χ4v) is 0.167. The molecule has 0 atom stereocenters. The molecular weight excluding hydrogens is 144 g/mol. The molecule has 0 fully saturated rings. The van der Waals surface area contributed by atoms with Gasteiger partial charge in [0.05, 0.1) is 18.8 Å². The first-order chi connectivity index (χ1) is 4.91. The molecule has 0 aliphatic heterocycles. The van der Waals surface area contributed by atoms with Crippen LogP contribution in [0.2, 0.25) is 0 Å². The van der Waals surface area contributed by atoms with E-state index in [1.807, 2.05) is 0 Å². The molecule has 0 aliphatic rings. The average Bonchev–Trinajstić information content (AvgIpc) is 1.79. The first-order valence-electron chi connectivity index (χ1n) is 3.62. The van der Waals surface area contributed by atoms with Crippen LogP contribution in [0.15, 0.2) is 0 Å². The topological polar surface area (TPSA) is 38.7 Å². The maximum atomic E-state index is 8.52. The summed E-state index contributed by atoms with van der Waals surface area (Å²) in [5, 5.41) is 8.52. The van der Waals surface area contributed by atoms with Crippen LogP contribution >= 0.6 is 0 Å². The van der Waals surface area contributed by atoms with E-state index in [0.29, 0.717) is 13.2 Å². The molecule has 70 valence electrons. The smallest absolute Gasteiger partial charge is 0.0696 e. The second-order valence-corrected chi connectivity index (χ2v) is 3.16. The van der Waals surface area contributed by atoms with E-state index < -0.39 is 5.60 Å². The van der Waals surface area contributed by atoms with Crippen molar-refractivity contribution in [2.45, 2.75) is 26.4 Å². The minimum absolute atomic E-state index is 0.500. The Kier molecular flexibility index (Phi) is 9.77. The molecule has 0 saturated heterocycles. The van der Waals surface area contributed by atoms with Crippen molar-refractivity contribution in [3.8, 4) is 0 Å². The maximum absolute atomic E-state index is 8.52. The molecule has 0 rings (SSSR count). The van der Waals surface area contributed by atoms with Gasteiger partial charge in [-0.05, 0) is 20.8 Å². The van der Waals surface area contributed by atoms with Gasteiger partial charge in [-0.15, -0.1) is 0 Å². The summed E-state index contributed by atoms with van der Waals surface area (Å²) in [5.41, 5.74) is -0.500. The van der Waals surface area contributed by atoms with E-state index in [4.69, 9.17) is 5.11 Å². The van der Waals surface area contributed by atoms with Gasteiger partial charge in [0.2, 0.25) is 0 Å². The van der Waals surface area contributed by atoms with Crippen LogP contribution in [0, 0.1) is 0 Å². The average molecular weight is 164 g/mol. The highest BCUT2D eigenvalue weighted by atomic mass is 16.5. The Morgan fingerprint density at radius 2 is 1.18 bits per heavy atom. The van der Waals surface area contributed by atoms with Crippen molar-refractivity contribution < 1.29 is 14.6 Å². The zero-order valence-electron chi connectivity index (χ0n) is 8.18. The first kappa shape index (κ1) is 13.5. The van der Waals surface area contributed by atoms with Crippen molar-refractivity contribution >= 4 is 0 Å². The van der Waals surface area contributed by atoms with Crippen LogP contribution in [0.3, 0.4) is 0 Å². The molecule has 3 nitrogen and oxygen atoms in total. The van der Waals surface area contributed by atoms with Gasteiger partial charge in [0, 0.05) is 14.2 Å². The molecule has 0 heterocycles. The molecule has 0 aromatic carbocycles. The molecule has 0 spiro atoms. The third kappa shape index (κ3) is 74.0. The molecule has 0 aliphatic carbocycles. The van der Waals surface area contributed by atoms with E-state index in [9.17, 15) is 0 Å². The lowest BCUT2D eigenvalue weighted by Gasteiger charge is -2.04. The normalized spacial score (nSPS) is 10.4. The van der Waals surface area contributed by atoms with Gasteiger partial charge in [-0.25, -0.2) is 0 Å². The molecule has 0 aromatic heterocycles. The lowest BCUT2D eigenvalue weighted by atomic mass is 10.2. The molecule has 0 radical (unpaired) electrons. The van der Waals surface area contributed by atoms with Crippen molar-refractivity contribution in [2.75, 3.05) is 27.4 Å². The standard InChI is InChI=1S/C4H10O2.C4H10O/c1-5-3-4-6-2;1-4(2,3)5/h3-4H2,1-2H3;5H,1-3H3. The Hall–Kier alpha value is -0.120. The van der Waals surface area contributed by atoms with E-state index in [0.717, 1.165) is 0 Å². The van der Waals surface area contributed by atoms with Crippen molar-refractivity contribution in [3.63, 3.8) is 0 Å². The summed E-state index contributed by atoms with van der Waals surface area (Å²) in [6.45, 7) is 6.61. The number of rotatable bonds is 3. The Morgan fingerprint density at radius 3 is 1.27 bits per heavy atom. The highest BCUT2D eigenvalue weighted by molar-refractivity contribution is 4.50. The summed E-state index contributed by atoms with van der Waals surface area (Å²) >= 11 is 0. The number of hydrogen-bond donors (Lipinski definition) is 1. The summed E-state index contributed by atoms with van der Waals surface area (Å²) in [4.78, 5) is 0. The van der Waals surface area contributed by atoms with Gasteiger partial charge in [0.15, 0.2) is 0 Å². The van der Waals surface area contributed by atoms with Gasteiger partial charge in [-0.3, -0.25) is 0 Å². The summed E-state index contributed by atoms with van der Waals surface area (Å²) in [6, 6.07) is 0. The summed E-state index contributed by atoms with van der Waals surface area (Å²) in [5.74, 6) is 0. The fourth-order valence-electron chi connectivity index (χ4n) is 0.167. The lowest BCUT2D eigenvalue weighted by Crippen LogP contribution is -2.10. The van der Waals surface area contributed by atoms with Crippen LogP contribution in [0.4, 0.5) is 0 Å². The number of methoxy groups -OCH3 is 2. The summed E-state index contributed by atoms with van der Waals surface area (Å²) in [7, 11) is 3.30. The largest absolute Gasteiger partial charge is 0.391 e. The predicted molar refractivity (Wildman–Crippen MR) is 45.7 cm³/mol. The van der Waals surface area contributed by atoms with E-state index in [-0.39, 0.29) is 0 Å². The van der Waals surface area contributed by atoms with Gasteiger partial charge in [-0.1, -0.05) is 0 Å². The fraction of sp³-hybridized carbons (Fsp3) is 1.00. The van der Waals surface area contributed by atoms with Gasteiger partial charge in [0.25, 0.3) is 0 Å². The van der Waals surface area contributed by atoms with Crippen LogP contribution in [-0.2, 0) is 9.47 Å². The van der Waals surface area contributed by atoms with Gasteiger partial charge in [-0.2, -0.15) is 0 Å². The Bertz CT molecular complexity index is 56.2. The van der Waals surface area contributed by atoms with Gasteiger partial charge >= 0.3 is 0 Å². The molecule has 0 amide bonds. The van der Waals surface area contributed by atoms with Crippen molar-refractivity contribution in [1.29, 1.82) is 0 Å². The van der Waals surface area contributed by atoms with Crippen molar-refractivity contribution in [3.05, 3.63) is 0 Å². The molecule has 0 unspecified atom stereocenters. The molecule has 0 aromatic rings. The Balaban J connectivity index is 0. The zero-order valence-corrected chi connectivity index (χ0v) is 8.18. The highest BCUT2D eigenvalue weighted by Crippen LogP contribution is 1.93. The van der Waals surface area contributed by atoms with E-state index in [1.165, 1.54) is 0 Å². The molecule has 1 N–H and O–H groups in total. The quantitative estimate of drug-likeness (QED) is 0.634. The second kappa shape index (κ2) is 7.98. The lowest BCUT2D eigenvalue weighted by molar-refractivity contribution is 0.102. The van der Waals surface area contributed by atoms with E-state index in [1.54, 1.807) is 35.0 Å². The van der Waals surface area contributed by atoms with Crippen molar-refractivity contribution in [2.24, 2.45) is 0 Å². The number of aliphatic hydroxyl groups is 1. The second-order valence-electron chi connectivity index (χ2n) is 3.16. The maximum Gasteiger partial charge on any atom is 0.0696 e. The minimum atomic E-state index is -0.500. The molecule has 0 bridgehead atoms. The summed E-state index contributed by atoms with van der Waals surface area (Å²) < 4.78 is 9.31. The van der Waals surface area contributed by atoms with E-state index >= 15 is 0 Å². The third-order valence-corrected chi connectivity index (χ3v) is 0.492. The first-order valence-corrected chi connectivity index (χ1v) is 3.62. The summed E-state index contributed by atoms with van der Waals surface area (Å²) in [6.07, 6.45) is 0. The van der Waals surface area contributed by atoms with E-state index in [2.05, 4.69) is 9.47 Å². The van der Waals surface area contributed by atoms with Gasteiger partial charge < -0.3 is 14.6 Å².